The summed E-state index contributed by atoms with van der Waals surface area (Å²) in [4.78, 5) is 50.8. The predicted molar refractivity (Wildman–Crippen MR) is 109 cm³/mol. The fraction of sp³-hybridized carbons (Fsp3) is 0.304. The van der Waals surface area contributed by atoms with Crippen LogP contribution >= 0.6 is 0 Å². The van der Waals surface area contributed by atoms with Crippen molar-refractivity contribution in [3.8, 4) is 5.75 Å². The van der Waals surface area contributed by atoms with Crippen LogP contribution in [0.1, 0.15) is 57.1 Å². The molecule has 158 valence electrons. The van der Waals surface area contributed by atoms with Gasteiger partial charge in [-0.05, 0) is 36.2 Å². The average Bonchev–Trinajstić information content (AvgIpc) is 3.09. The molecule has 8 heteroatoms. The number of para-hydroxylation sites is 1. The number of ether oxygens (including phenoxy) is 1. The van der Waals surface area contributed by atoms with Crippen LogP contribution in [0.2, 0.25) is 0 Å². The predicted octanol–water partition coefficient (Wildman–Crippen LogP) is 1.70. The van der Waals surface area contributed by atoms with Crippen molar-refractivity contribution in [2.24, 2.45) is 0 Å². The largest absolute Gasteiger partial charge is 0.493 e. The molecule has 4 amide bonds. The minimum atomic E-state index is -0.673. The Balaban J connectivity index is 1.33. The topological polar surface area (TPSA) is 105 Å². The van der Waals surface area contributed by atoms with Gasteiger partial charge in [-0.15, -0.1) is 0 Å². The highest BCUT2D eigenvalue weighted by Gasteiger charge is 2.39. The van der Waals surface area contributed by atoms with Gasteiger partial charge in [0.05, 0.1) is 12.6 Å². The fourth-order valence-electron chi connectivity index (χ4n) is 4.45. The lowest BCUT2D eigenvalue weighted by molar-refractivity contribution is -0.136. The number of rotatable bonds is 3. The number of carbonyl (C=O) groups is 4. The molecule has 2 aromatic rings. The molecule has 31 heavy (non-hydrogen) atoms. The van der Waals surface area contributed by atoms with E-state index in [4.69, 9.17) is 4.74 Å². The molecule has 0 spiro atoms. The van der Waals surface area contributed by atoms with Crippen molar-refractivity contribution in [2.45, 2.75) is 37.9 Å². The molecular formula is C23H21N3O5. The number of nitrogens with one attached hydrogen (secondary N) is 2. The van der Waals surface area contributed by atoms with E-state index in [-0.39, 0.29) is 36.7 Å². The second-order valence-electron chi connectivity index (χ2n) is 7.97. The summed E-state index contributed by atoms with van der Waals surface area (Å²) in [5.41, 5.74) is 2.59. The molecule has 1 saturated heterocycles. The zero-order chi connectivity index (χ0) is 21.5. The molecule has 0 radical (unpaired) electrons. The van der Waals surface area contributed by atoms with Crippen LogP contribution in [0, 0.1) is 0 Å². The lowest BCUT2D eigenvalue weighted by Gasteiger charge is -2.29. The number of nitrogens with zero attached hydrogens (tertiary/aromatic N) is 1. The van der Waals surface area contributed by atoms with Gasteiger partial charge in [0.1, 0.15) is 11.8 Å². The molecule has 3 aliphatic heterocycles. The maximum absolute atomic E-state index is 12.9. The molecule has 0 aliphatic carbocycles. The number of hydrogen-bond acceptors (Lipinski definition) is 5. The van der Waals surface area contributed by atoms with Crippen molar-refractivity contribution in [3.05, 3.63) is 64.7 Å². The first-order chi connectivity index (χ1) is 15.0. The Labute approximate surface area is 178 Å². The molecule has 5 rings (SSSR count). The molecule has 0 bridgehead atoms. The van der Waals surface area contributed by atoms with Gasteiger partial charge in [0.15, 0.2) is 0 Å². The fourth-order valence-corrected chi connectivity index (χ4v) is 4.45. The highest BCUT2D eigenvalue weighted by atomic mass is 16.5. The van der Waals surface area contributed by atoms with E-state index in [0.717, 1.165) is 11.3 Å². The molecule has 2 N–H and O–H groups in total. The monoisotopic (exact) mass is 419 g/mol. The first-order valence-corrected chi connectivity index (χ1v) is 10.3. The Morgan fingerprint density at radius 1 is 1.10 bits per heavy atom. The van der Waals surface area contributed by atoms with Crippen molar-refractivity contribution >= 4 is 23.6 Å². The van der Waals surface area contributed by atoms with Crippen molar-refractivity contribution in [1.29, 1.82) is 0 Å². The normalized spacial score (nSPS) is 22.3. The highest BCUT2D eigenvalue weighted by Crippen LogP contribution is 2.32. The summed E-state index contributed by atoms with van der Waals surface area (Å²) < 4.78 is 5.65. The average molecular weight is 419 g/mol. The van der Waals surface area contributed by atoms with Gasteiger partial charge in [-0.1, -0.05) is 18.2 Å². The minimum absolute atomic E-state index is 0.146. The molecule has 3 heterocycles. The standard InChI is InChI=1S/C23H21N3O5/c27-20-8-7-18(22(29)25-20)26-12-14-11-13(5-6-15(14)23(26)30)21(28)24-17-9-10-31-19-4-2-1-3-16(17)19/h1-6,11,17-18H,7-10,12H2,(H,24,28)(H,25,27,29)/t17-,18?/m0/s1. The van der Waals surface area contributed by atoms with Crippen molar-refractivity contribution in [3.63, 3.8) is 0 Å². The Morgan fingerprint density at radius 3 is 2.77 bits per heavy atom. The highest BCUT2D eigenvalue weighted by molar-refractivity contribution is 6.06. The van der Waals surface area contributed by atoms with Gasteiger partial charge in [0.25, 0.3) is 11.8 Å². The van der Waals surface area contributed by atoms with E-state index in [9.17, 15) is 19.2 Å². The van der Waals surface area contributed by atoms with E-state index in [0.29, 0.717) is 36.1 Å². The van der Waals surface area contributed by atoms with E-state index < -0.39 is 11.9 Å². The maximum Gasteiger partial charge on any atom is 0.255 e. The lowest BCUT2D eigenvalue weighted by Crippen LogP contribution is -2.52. The van der Waals surface area contributed by atoms with E-state index in [1.165, 1.54) is 4.90 Å². The van der Waals surface area contributed by atoms with Crippen LogP contribution in [-0.2, 0) is 16.1 Å². The van der Waals surface area contributed by atoms with Gasteiger partial charge in [-0.2, -0.15) is 0 Å². The Morgan fingerprint density at radius 2 is 1.94 bits per heavy atom. The Bertz CT molecular complexity index is 1110. The number of carbonyl (C=O) groups excluding carboxylic acids is 4. The molecule has 2 atom stereocenters. The second kappa shape index (κ2) is 7.54. The van der Waals surface area contributed by atoms with Crippen LogP contribution in [0.25, 0.3) is 0 Å². The minimum Gasteiger partial charge on any atom is -0.493 e. The summed E-state index contributed by atoms with van der Waals surface area (Å²) in [7, 11) is 0. The van der Waals surface area contributed by atoms with Crippen LogP contribution in [0.15, 0.2) is 42.5 Å². The van der Waals surface area contributed by atoms with Crippen molar-refractivity contribution < 1.29 is 23.9 Å². The van der Waals surface area contributed by atoms with Crippen LogP contribution in [-0.4, -0.2) is 41.2 Å². The molecular weight excluding hydrogens is 398 g/mol. The summed E-state index contributed by atoms with van der Waals surface area (Å²) in [5.74, 6) is -0.475. The van der Waals surface area contributed by atoms with Gasteiger partial charge in [-0.25, -0.2) is 0 Å². The molecule has 0 saturated carbocycles. The van der Waals surface area contributed by atoms with Gasteiger partial charge in [-0.3, -0.25) is 24.5 Å². The summed E-state index contributed by atoms with van der Waals surface area (Å²) in [6, 6.07) is 11.8. The van der Waals surface area contributed by atoms with E-state index in [1.807, 2.05) is 24.3 Å². The molecule has 2 aromatic carbocycles. The van der Waals surface area contributed by atoms with Crippen molar-refractivity contribution in [2.75, 3.05) is 6.61 Å². The van der Waals surface area contributed by atoms with E-state index in [1.54, 1.807) is 18.2 Å². The third kappa shape index (κ3) is 3.43. The Kier molecular flexibility index (Phi) is 4.69. The Hall–Kier alpha value is -3.68. The maximum atomic E-state index is 12.9. The molecule has 8 nitrogen and oxygen atoms in total. The summed E-state index contributed by atoms with van der Waals surface area (Å²) in [6.07, 6.45) is 1.19. The SMILES string of the molecule is O=C1CCC(N2Cc3cc(C(=O)N[C@H]4CCOc5ccccc54)ccc3C2=O)C(=O)N1. The van der Waals surface area contributed by atoms with Crippen LogP contribution in [0.4, 0.5) is 0 Å². The quantitative estimate of drug-likeness (QED) is 0.737. The number of benzene rings is 2. The van der Waals surface area contributed by atoms with Gasteiger partial charge < -0.3 is 15.0 Å². The molecule has 1 unspecified atom stereocenters. The van der Waals surface area contributed by atoms with E-state index >= 15 is 0 Å². The van der Waals surface area contributed by atoms with Crippen molar-refractivity contribution in [1.82, 2.24) is 15.5 Å². The zero-order valence-corrected chi connectivity index (χ0v) is 16.7. The van der Waals surface area contributed by atoms with Gasteiger partial charge in [0.2, 0.25) is 11.8 Å². The van der Waals surface area contributed by atoms with Crippen LogP contribution in [0.5, 0.6) is 5.75 Å². The first-order valence-electron chi connectivity index (χ1n) is 10.3. The number of fused-ring (bicyclic) bond motifs is 2. The lowest BCUT2D eigenvalue weighted by atomic mass is 9.99. The van der Waals surface area contributed by atoms with Gasteiger partial charge >= 0.3 is 0 Å². The smallest absolute Gasteiger partial charge is 0.255 e. The third-order valence-electron chi connectivity index (χ3n) is 6.05. The van der Waals surface area contributed by atoms with Crippen LogP contribution < -0.4 is 15.4 Å². The number of imide groups is 1. The molecule has 1 fully saturated rings. The molecule has 0 aromatic heterocycles. The second-order valence-corrected chi connectivity index (χ2v) is 7.97. The summed E-state index contributed by atoms with van der Waals surface area (Å²) in [6.45, 7) is 0.767. The van der Waals surface area contributed by atoms with Gasteiger partial charge in [0, 0.05) is 36.1 Å². The third-order valence-corrected chi connectivity index (χ3v) is 6.05. The summed E-state index contributed by atoms with van der Waals surface area (Å²) in [5, 5.41) is 5.35. The summed E-state index contributed by atoms with van der Waals surface area (Å²) >= 11 is 0. The number of amides is 4. The molecule has 3 aliphatic rings. The first kappa shape index (κ1) is 19.3. The number of hydrogen-bond donors (Lipinski definition) is 2. The van der Waals surface area contributed by atoms with E-state index in [2.05, 4.69) is 10.6 Å². The zero-order valence-electron chi connectivity index (χ0n) is 16.7. The van der Waals surface area contributed by atoms with Crippen LogP contribution in [0.3, 0.4) is 0 Å². The number of piperidine rings is 1.